The minimum atomic E-state index is -0.729. The average molecular weight is 624 g/mol. The first-order chi connectivity index (χ1) is 21.2. The number of hydrogen-bond acceptors (Lipinski definition) is 13. The van der Waals surface area contributed by atoms with Gasteiger partial charge in [-0.05, 0) is 44.9 Å². The number of alkyl carbamates (subject to hydrolysis) is 1. The van der Waals surface area contributed by atoms with E-state index in [4.69, 9.17) is 26.8 Å². The van der Waals surface area contributed by atoms with Crippen molar-refractivity contribution in [3.63, 3.8) is 0 Å². The second kappa shape index (κ2) is 14.5. The number of carbonyl (C=O) groups excluding carboxylic acids is 2. The van der Waals surface area contributed by atoms with Crippen molar-refractivity contribution in [1.29, 1.82) is 10.5 Å². The Kier molecular flexibility index (Phi) is 10.6. The Labute approximate surface area is 259 Å². The van der Waals surface area contributed by atoms with E-state index in [0.29, 0.717) is 67.3 Å². The highest BCUT2D eigenvalue weighted by Gasteiger charge is 2.35. The standard InChI is InChI=1S/C28H34ClN11O4/c1-4-33-24-25-34-14-18(13-32)40(25)38-27(37-24)35-20-10-17(12-31)11-21(23(20)29)39-9-7-19(36-28(42)43-3)22(15-39)44-26(41)16(2)6-5-8-30/h10-11,14,16,19,22H,4-9,15,30H2,1-3H3,(H,36,42)(H2,33,35,37,38). The van der Waals surface area contributed by atoms with Crippen LogP contribution in [0.4, 0.5) is 27.9 Å². The molecule has 5 N–H and O–H groups in total. The van der Waals surface area contributed by atoms with Gasteiger partial charge in [-0.2, -0.15) is 20.0 Å². The largest absolute Gasteiger partial charge is 0.458 e. The predicted octanol–water partition coefficient (Wildman–Crippen LogP) is 2.92. The van der Waals surface area contributed by atoms with E-state index < -0.39 is 24.2 Å². The van der Waals surface area contributed by atoms with Gasteiger partial charge in [-0.15, -0.1) is 5.10 Å². The van der Waals surface area contributed by atoms with Gasteiger partial charge in [-0.3, -0.25) is 4.79 Å². The van der Waals surface area contributed by atoms with Crippen LogP contribution in [0.2, 0.25) is 5.02 Å². The number of carbonyl (C=O) groups is 2. The Morgan fingerprint density at radius 3 is 2.77 bits per heavy atom. The van der Waals surface area contributed by atoms with Crippen molar-refractivity contribution in [2.45, 2.75) is 45.3 Å². The fourth-order valence-electron chi connectivity index (χ4n) is 4.85. The zero-order valence-corrected chi connectivity index (χ0v) is 25.4. The molecule has 0 radical (unpaired) electrons. The van der Waals surface area contributed by atoms with Crippen molar-refractivity contribution in [3.8, 4) is 12.1 Å². The molecular weight excluding hydrogens is 590 g/mol. The molecule has 0 saturated carbocycles. The van der Waals surface area contributed by atoms with Gasteiger partial charge in [0.2, 0.25) is 5.95 Å². The van der Waals surface area contributed by atoms with Gasteiger partial charge in [0.05, 0.1) is 59.8 Å². The molecular formula is C28H34ClN11O4. The van der Waals surface area contributed by atoms with Crippen molar-refractivity contribution in [2.75, 3.05) is 48.8 Å². The number of amides is 1. The SMILES string of the molecule is CCNc1nc(Nc2cc(C#N)cc(N3CCC(NC(=O)OC)C(OC(=O)C(C)CCCN)C3)c2Cl)nn2c(C#N)cnc12. The average Bonchev–Trinajstić information content (AvgIpc) is 3.45. The van der Waals surface area contributed by atoms with Gasteiger partial charge in [0.15, 0.2) is 17.2 Å². The molecule has 1 aliphatic heterocycles. The van der Waals surface area contributed by atoms with Gasteiger partial charge in [0.25, 0.3) is 0 Å². The lowest BCUT2D eigenvalue weighted by Crippen LogP contribution is -2.56. The van der Waals surface area contributed by atoms with E-state index in [1.165, 1.54) is 17.8 Å². The molecule has 0 aliphatic carbocycles. The number of fused-ring (bicyclic) bond motifs is 1. The number of nitrogens with zero attached hydrogens (tertiary/aromatic N) is 7. The second-order valence-electron chi connectivity index (χ2n) is 10.2. The smallest absolute Gasteiger partial charge is 0.407 e. The summed E-state index contributed by atoms with van der Waals surface area (Å²) in [6.07, 6.45) is 1.69. The molecule has 16 heteroatoms. The number of anilines is 4. The molecule has 2 aromatic heterocycles. The lowest BCUT2D eigenvalue weighted by molar-refractivity contribution is -0.155. The first-order valence-corrected chi connectivity index (χ1v) is 14.5. The number of imidazole rings is 1. The maximum Gasteiger partial charge on any atom is 0.407 e. The van der Waals surface area contributed by atoms with Crippen LogP contribution in [0.5, 0.6) is 0 Å². The number of benzene rings is 1. The van der Waals surface area contributed by atoms with E-state index in [2.05, 4.69) is 37.1 Å². The van der Waals surface area contributed by atoms with Crippen LogP contribution < -0.4 is 26.6 Å². The van der Waals surface area contributed by atoms with Gasteiger partial charge < -0.3 is 36.1 Å². The molecule has 1 aromatic carbocycles. The molecule has 15 nitrogen and oxygen atoms in total. The summed E-state index contributed by atoms with van der Waals surface area (Å²) in [6.45, 7) is 5.29. The molecule has 1 saturated heterocycles. The van der Waals surface area contributed by atoms with E-state index in [-0.39, 0.29) is 29.1 Å². The molecule has 1 fully saturated rings. The van der Waals surface area contributed by atoms with Crippen molar-refractivity contribution >= 4 is 52.5 Å². The molecule has 1 amide bonds. The molecule has 0 bridgehead atoms. The third kappa shape index (κ3) is 7.19. The van der Waals surface area contributed by atoms with Crippen LogP contribution in [0, 0.1) is 28.6 Å². The molecule has 3 heterocycles. The fraction of sp³-hybridized carbons (Fsp3) is 0.464. The summed E-state index contributed by atoms with van der Waals surface area (Å²) in [5.74, 6) is -0.257. The number of nitrogens with two attached hydrogens (primary N) is 1. The zero-order valence-electron chi connectivity index (χ0n) is 24.6. The fourth-order valence-corrected chi connectivity index (χ4v) is 5.13. The van der Waals surface area contributed by atoms with Crippen molar-refractivity contribution in [1.82, 2.24) is 24.9 Å². The highest BCUT2D eigenvalue weighted by Crippen LogP contribution is 2.37. The number of methoxy groups -OCH3 is 1. The van der Waals surface area contributed by atoms with Crippen LogP contribution in [-0.4, -0.2) is 77.1 Å². The van der Waals surface area contributed by atoms with Crippen molar-refractivity contribution < 1.29 is 19.1 Å². The molecule has 4 rings (SSSR count). The number of piperidine rings is 1. The van der Waals surface area contributed by atoms with E-state index in [1.54, 1.807) is 19.1 Å². The third-order valence-electron chi connectivity index (χ3n) is 7.15. The van der Waals surface area contributed by atoms with Crippen LogP contribution in [0.15, 0.2) is 18.3 Å². The van der Waals surface area contributed by atoms with Crippen LogP contribution >= 0.6 is 11.6 Å². The summed E-state index contributed by atoms with van der Waals surface area (Å²) in [6, 6.07) is 6.90. The topological polar surface area (TPSA) is 209 Å². The summed E-state index contributed by atoms with van der Waals surface area (Å²) in [5, 5.41) is 33.0. The van der Waals surface area contributed by atoms with Gasteiger partial charge >= 0.3 is 12.1 Å². The second-order valence-corrected chi connectivity index (χ2v) is 10.6. The Morgan fingerprint density at radius 2 is 2.09 bits per heavy atom. The monoisotopic (exact) mass is 623 g/mol. The van der Waals surface area contributed by atoms with Gasteiger partial charge in [0.1, 0.15) is 12.2 Å². The third-order valence-corrected chi connectivity index (χ3v) is 7.55. The number of aromatic nitrogens is 4. The Bertz CT molecular complexity index is 1600. The van der Waals surface area contributed by atoms with Crippen LogP contribution in [0.1, 0.15) is 44.4 Å². The molecule has 3 unspecified atom stereocenters. The van der Waals surface area contributed by atoms with E-state index in [9.17, 15) is 20.1 Å². The zero-order chi connectivity index (χ0) is 31.8. The molecule has 44 heavy (non-hydrogen) atoms. The minimum absolute atomic E-state index is 0.116. The van der Waals surface area contributed by atoms with Gasteiger partial charge in [-0.25, -0.2) is 9.78 Å². The van der Waals surface area contributed by atoms with Crippen LogP contribution in [0.25, 0.3) is 5.65 Å². The summed E-state index contributed by atoms with van der Waals surface area (Å²) >= 11 is 6.92. The molecule has 3 atom stereocenters. The number of esters is 1. The number of nitriles is 2. The van der Waals surface area contributed by atoms with Gasteiger partial charge in [-0.1, -0.05) is 18.5 Å². The quantitative estimate of drug-likeness (QED) is 0.227. The Balaban J connectivity index is 1.65. The molecule has 3 aromatic rings. The summed E-state index contributed by atoms with van der Waals surface area (Å²) in [4.78, 5) is 35.6. The number of ether oxygens (including phenoxy) is 2. The number of halogens is 1. The predicted molar refractivity (Wildman–Crippen MR) is 163 cm³/mol. The summed E-state index contributed by atoms with van der Waals surface area (Å²) in [7, 11) is 1.26. The van der Waals surface area contributed by atoms with Crippen LogP contribution in [-0.2, 0) is 14.3 Å². The Hall–Kier alpha value is -4.86. The van der Waals surface area contributed by atoms with Crippen LogP contribution in [0.3, 0.4) is 0 Å². The van der Waals surface area contributed by atoms with E-state index >= 15 is 0 Å². The first kappa shape index (κ1) is 32.1. The number of rotatable bonds is 11. The summed E-state index contributed by atoms with van der Waals surface area (Å²) in [5.41, 5.74) is 7.35. The molecule has 232 valence electrons. The Morgan fingerprint density at radius 1 is 1.30 bits per heavy atom. The lowest BCUT2D eigenvalue weighted by Gasteiger charge is -2.40. The maximum atomic E-state index is 12.9. The maximum absolute atomic E-state index is 12.9. The number of hydrogen-bond donors (Lipinski definition) is 4. The number of nitrogens with one attached hydrogen (secondary N) is 3. The van der Waals surface area contributed by atoms with Crippen molar-refractivity contribution in [3.05, 3.63) is 34.6 Å². The minimum Gasteiger partial charge on any atom is -0.458 e. The summed E-state index contributed by atoms with van der Waals surface area (Å²) < 4.78 is 12.0. The molecule has 0 spiro atoms. The van der Waals surface area contributed by atoms with E-state index in [0.717, 1.165) is 0 Å². The van der Waals surface area contributed by atoms with Crippen molar-refractivity contribution in [2.24, 2.45) is 11.7 Å². The lowest BCUT2D eigenvalue weighted by atomic mass is 9.99. The van der Waals surface area contributed by atoms with E-state index in [1.807, 2.05) is 17.9 Å². The normalized spacial score (nSPS) is 16.8. The highest BCUT2D eigenvalue weighted by atomic mass is 35.5. The molecule has 1 aliphatic rings. The van der Waals surface area contributed by atoms with Gasteiger partial charge in [0, 0.05) is 13.1 Å². The highest BCUT2D eigenvalue weighted by molar-refractivity contribution is 6.36. The first-order valence-electron chi connectivity index (χ1n) is 14.1.